The molecule has 0 amide bonds. The summed E-state index contributed by atoms with van der Waals surface area (Å²) in [5.74, 6) is 0.0967. The highest BCUT2D eigenvalue weighted by atomic mass is 19.4. The van der Waals surface area contributed by atoms with Gasteiger partial charge in [-0.1, -0.05) is 18.2 Å². The Morgan fingerprint density at radius 3 is 2.59 bits per heavy atom. The Morgan fingerprint density at radius 2 is 2.00 bits per heavy atom. The van der Waals surface area contributed by atoms with Crippen molar-refractivity contribution in [3.05, 3.63) is 41.5 Å². The third kappa shape index (κ3) is 3.19. The number of ketones is 1. The Balaban J connectivity index is 2.13. The van der Waals surface area contributed by atoms with Crippen LogP contribution in [0.1, 0.15) is 24.0 Å². The normalized spacial score (nSPS) is 16.4. The molecule has 2 rings (SSSR count). The largest absolute Gasteiger partial charge is 0.416 e. The van der Waals surface area contributed by atoms with E-state index in [-0.39, 0.29) is 11.7 Å². The molecule has 17 heavy (non-hydrogen) atoms. The average Bonchev–Trinajstić information content (AvgIpc) is 3.09. The van der Waals surface area contributed by atoms with E-state index >= 15 is 0 Å². The Labute approximate surface area is 96.9 Å². The molecule has 1 aliphatic carbocycles. The highest BCUT2D eigenvalue weighted by molar-refractivity contribution is 5.96. The number of rotatable bonds is 3. The molecule has 1 aliphatic rings. The Hall–Kier alpha value is -1.58. The van der Waals surface area contributed by atoms with E-state index in [4.69, 9.17) is 0 Å². The van der Waals surface area contributed by atoms with Crippen LogP contribution in [0.3, 0.4) is 0 Å². The van der Waals surface area contributed by atoms with Gasteiger partial charge in [-0.3, -0.25) is 4.79 Å². The number of alkyl halides is 3. The first-order chi connectivity index (χ1) is 7.97. The third-order valence-electron chi connectivity index (χ3n) is 2.63. The van der Waals surface area contributed by atoms with Gasteiger partial charge in [-0.25, -0.2) is 0 Å². The lowest BCUT2D eigenvalue weighted by Crippen LogP contribution is -2.04. The predicted molar refractivity (Wildman–Crippen MR) is 58.2 cm³/mol. The molecule has 90 valence electrons. The third-order valence-corrected chi connectivity index (χ3v) is 2.63. The number of carbonyl (C=O) groups is 1. The zero-order valence-electron chi connectivity index (χ0n) is 9.00. The second-order valence-corrected chi connectivity index (χ2v) is 4.13. The maximum atomic E-state index is 12.4. The SMILES string of the molecule is O=C(C=Cc1cccc(C(F)(F)F)c1)C1CC1. The zero-order valence-corrected chi connectivity index (χ0v) is 9.00. The molecular weight excluding hydrogens is 229 g/mol. The molecule has 0 atom stereocenters. The van der Waals surface area contributed by atoms with Crippen LogP contribution < -0.4 is 0 Å². The molecule has 1 saturated carbocycles. The molecule has 0 bridgehead atoms. The number of hydrogen-bond acceptors (Lipinski definition) is 1. The minimum atomic E-state index is -4.34. The first-order valence-corrected chi connectivity index (χ1v) is 5.36. The van der Waals surface area contributed by atoms with Crippen molar-refractivity contribution in [2.24, 2.45) is 5.92 Å². The molecule has 0 N–H and O–H groups in total. The van der Waals surface area contributed by atoms with Gasteiger partial charge in [0.15, 0.2) is 5.78 Å². The first-order valence-electron chi connectivity index (χ1n) is 5.36. The summed E-state index contributed by atoms with van der Waals surface area (Å²) in [6.07, 6.45) is 0.255. The van der Waals surface area contributed by atoms with Gasteiger partial charge < -0.3 is 0 Å². The lowest BCUT2D eigenvalue weighted by atomic mass is 10.1. The summed E-state index contributed by atoms with van der Waals surface area (Å²) in [6.45, 7) is 0. The van der Waals surface area contributed by atoms with E-state index in [1.54, 1.807) is 6.07 Å². The molecule has 0 aromatic heterocycles. The Morgan fingerprint density at radius 1 is 1.29 bits per heavy atom. The standard InChI is InChI=1S/C13H11F3O/c14-13(15,16)11-3-1-2-9(8-11)4-7-12(17)10-5-6-10/h1-4,7-8,10H,5-6H2. The molecule has 4 heteroatoms. The van der Waals surface area contributed by atoms with Crippen LogP contribution in [-0.2, 0) is 11.0 Å². The van der Waals surface area contributed by atoms with Gasteiger partial charge in [-0.05, 0) is 36.6 Å². The smallest absolute Gasteiger partial charge is 0.295 e. The summed E-state index contributed by atoms with van der Waals surface area (Å²) in [7, 11) is 0. The second kappa shape index (κ2) is 4.35. The summed E-state index contributed by atoms with van der Waals surface area (Å²) in [5, 5.41) is 0. The molecular formula is C13H11F3O. The van der Waals surface area contributed by atoms with Crippen molar-refractivity contribution in [3.8, 4) is 0 Å². The van der Waals surface area contributed by atoms with Gasteiger partial charge >= 0.3 is 6.18 Å². The maximum absolute atomic E-state index is 12.4. The molecule has 1 nitrogen and oxygen atoms in total. The number of benzene rings is 1. The molecule has 0 radical (unpaired) electrons. The Kier molecular flexibility index (Phi) is 3.05. The van der Waals surface area contributed by atoms with Crippen molar-refractivity contribution in [1.29, 1.82) is 0 Å². The van der Waals surface area contributed by atoms with Crippen LogP contribution in [0.15, 0.2) is 30.3 Å². The maximum Gasteiger partial charge on any atom is 0.416 e. The molecule has 1 fully saturated rings. The monoisotopic (exact) mass is 240 g/mol. The van der Waals surface area contributed by atoms with E-state index in [9.17, 15) is 18.0 Å². The van der Waals surface area contributed by atoms with Crippen molar-refractivity contribution < 1.29 is 18.0 Å². The summed E-state index contributed by atoms with van der Waals surface area (Å²) in [6, 6.07) is 4.94. The van der Waals surface area contributed by atoms with E-state index in [1.807, 2.05) is 0 Å². The van der Waals surface area contributed by atoms with Crippen molar-refractivity contribution >= 4 is 11.9 Å². The van der Waals surface area contributed by atoms with Crippen molar-refractivity contribution in [1.82, 2.24) is 0 Å². The highest BCUT2D eigenvalue weighted by Gasteiger charge is 2.30. The van der Waals surface area contributed by atoms with E-state index < -0.39 is 11.7 Å². The van der Waals surface area contributed by atoms with Crippen LogP contribution in [0, 0.1) is 5.92 Å². The van der Waals surface area contributed by atoms with Crippen molar-refractivity contribution in [2.45, 2.75) is 19.0 Å². The summed E-state index contributed by atoms with van der Waals surface area (Å²) in [5.41, 5.74) is -0.299. The minimum Gasteiger partial charge on any atom is -0.295 e. The molecule has 0 aliphatic heterocycles. The zero-order chi connectivity index (χ0) is 12.5. The molecule has 0 unspecified atom stereocenters. The number of allylic oxidation sites excluding steroid dienone is 1. The molecule has 0 saturated heterocycles. The lowest BCUT2D eigenvalue weighted by Gasteiger charge is -2.06. The summed E-state index contributed by atoms with van der Waals surface area (Å²) >= 11 is 0. The predicted octanol–water partition coefficient (Wildman–Crippen LogP) is 3.70. The van der Waals surface area contributed by atoms with Crippen LogP contribution in [0.5, 0.6) is 0 Å². The van der Waals surface area contributed by atoms with Gasteiger partial charge in [0.1, 0.15) is 0 Å². The fourth-order valence-electron chi connectivity index (χ4n) is 1.50. The summed E-state index contributed by atoms with van der Waals surface area (Å²) in [4.78, 5) is 11.4. The van der Waals surface area contributed by atoms with Gasteiger partial charge in [0.25, 0.3) is 0 Å². The fraction of sp³-hybridized carbons (Fsp3) is 0.308. The number of carbonyl (C=O) groups excluding carboxylic acids is 1. The number of hydrogen-bond donors (Lipinski definition) is 0. The quantitative estimate of drug-likeness (QED) is 0.736. The van der Waals surface area contributed by atoms with E-state index in [0.29, 0.717) is 5.56 Å². The fourth-order valence-corrected chi connectivity index (χ4v) is 1.50. The van der Waals surface area contributed by atoms with Gasteiger partial charge in [-0.2, -0.15) is 13.2 Å². The van der Waals surface area contributed by atoms with Crippen LogP contribution >= 0.6 is 0 Å². The lowest BCUT2D eigenvalue weighted by molar-refractivity contribution is -0.137. The highest BCUT2D eigenvalue weighted by Crippen LogP contribution is 2.31. The van der Waals surface area contributed by atoms with Crippen molar-refractivity contribution in [3.63, 3.8) is 0 Å². The topological polar surface area (TPSA) is 17.1 Å². The van der Waals surface area contributed by atoms with Gasteiger partial charge in [0.05, 0.1) is 5.56 Å². The van der Waals surface area contributed by atoms with Crippen LogP contribution in [0.25, 0.3) is 6.08 Å². The van der Waals surface area contributed by atoms with E-state index in [2.05, 4.69) is 0 Å². The second-order valence-electron chi connectivity index (χ2n) is 4.13. The van der Waals surface area contributed by atoms with Crippen LogP contribution in [-0.4, -0.2) is 5.78 Å². The van der Waals surface area contributed by atoms with E-state index in [1.165, 1.54) is 18.2 Å². The molecule has 0 spiro atoms. The average molecular weight is 240 g/mol. The molecule has 1 aromatic carbocycles. The van der Waals surface area contributed by atoms with Gasteiger partial charge in [-0.15, -0.1) is 0 Å². The first kappa shape index (κ1) is 11.9. The molecule has 0 heterocycles. The van der Waals surface area contributed by atoms with Gasteiger partial charge in [0.2, 0.25) is 0 Å². The summed E-state index contributed by atoms with van der Waals surface area (Å²) < 4.78 is 37.2. The van der Waals surface area contributed by atoms with Crippen LogP contribution in [0.4, 0.5) is 13.2 Å². The van der Waals surface area contributed by atoms with Crippen molar-refractivity contribution in [2.75, 3.05) is 0 Å². The number of halogens is 3. The minimum absolute atomic E-state index is 0.00223. The Bertz CT molecular complexity index is 456. The van der Waals surface area contributed by atoms with Gasteiger partial charge in [0, 0.05) is 5.92 Å². The van der Waals surface area contributed by atoms with Crippen LogP contribution in [0.2, 0.25) is 0 Å². The molecule has 1 aromatic rings. The van der Waals surface area contributed by atoms with E-state index in [0.717, 1.165) is 25.0 Å².